The van der Waals surface area contributed by atoms with Gasteiger partial charge < -0.3 is 10.2 Å². The Morgan fingerprint density at radius 1 is 1.55 bits per heavy atom. The fourth-order valence-corrected chi connectivity index (χ4v) is 1.93. The van der Waals surface area contributed by atoms with Gasteiger partial charge in [0.15, 0.2) is 0 Å². The number of hydrogen-bond donors (Lipinski definition) is 1. The molecular weight excluding hydrogens is 160 g/mol. The number of urea groups is 1. The van der Waals surface area contributed by atoms with Crippen LogP contribution in [0.25, 0.3) is 0 Å². The zero-order chi connectivity index (χ0) is 8.10. The molecule has 1 saturated heterocycles. The number of rotatable bonds is 1. The normalized spacial score (nSPS) is 18.1. The molecule has 1 N–H and O–H groups in total. The highest BCUT2D eigenvalue weighted by atomic mass is 32.2. The minimum atomic E-state index is 0.0906. The molecular formula is C7H14N2OS. The molecule has 0 bridgehead atoms. The number of nitrogens with zero attached hydrogens (tertiary/aromatic N) is 1. The summed E-state index contributed by atoms with van der Waals surface area (Å²) in [7, 11) is 0. The van der Waals surface area contributed by atoms with Crippen molar-refractivity contribution >= 4 is 17.8 Å². The van der Waals surface area contributed by atoms with Crippen molar-refractivity contribution in [1.29, 1.82) is 0 Å². The Morgan fingerprint density at radius 2 is 2.18 bits per heavy atom. The maximum absolute atomic E-state index is 11.2. The molecule has 11 heavy (non-hydrogen) atoms. The van der Waals surface area contributed by atoms with Crippen LogP contribution in [0, 0.1) is 0 Å². The Kier molecular flexibility index (Phi) is 3.56. The van der Waals surface area contributed by atoms with Crippen LogP contribution >= 0.6 is 11.8 Å². The predicted molar refractivity (Wildman–Crippen MR) is 48.0 cm³/mol. The van der Waals surface area contributed by atoms with Crippen LogP contribution in [-0.4, -0.2) is 42.1 Å². The average Bonchev–Trinajstić information content (AvgIpc) is 2.07. The first-order valence-electron chi connectivity index (χ1n) is 3.95. The molecule has 0 saturated carbocycles. The first-order valence-corrected chi connectivity index (χ1v) is 5.10. The SMILES string of the molecule is CCNC(=O)N1CCSCC1. The van der Waals surface area contributed by atoms with Crippen molar-refractivity contribution in [3.05, 3.63) is 0 Å². The van der Waals surface area contributed by atoms with Gasteiger partial charge in [-0.1, -0.05) is 0 Å². The molecule has 3 nitrogen and oxygen atoms in total. The molecule has 0 unspecified atom stereocenters. The van der Waals surface area contributed by atoms with Crippen LogP contribution in [0.2, 0.25) is 0 Å². The molecule has 0 atom stereocenters. The molecule has 4 heteroatoms. The Bertz CT molecular complexity index is 134. The standard InChI is InChI=1S/C7H14N2OS/c1-2-8-7(10)9-3-5-11-6-4-9/h2-6H2,1H3,(H,8,10). The van der Waals surface area contributed by atoms with Gasteiger partial charge >= 0.3 is 6.03 Å². The Hall–Kier alpha value is -0.380. The second-order valence-corrected chi connectivity index (χ2v) is 3.66. The van der Waals surface area contributed by atoms with E-state index in [1.807, 2.05) is 23.6 Å². The summed E-state index contributed by atoms with van der Waals surface area (Å²) in [6.45, 7) is 4.46. The van der Waals surface area contributed by atoms with Crippen molar-refractivity contribution < 1.29 is 4.79 Å². The minimum absolute atomic E-state index is 0.0906. The lowest BCUT2D eigenvalue weighted by atomic mass is 10.5. The number of nitrogens with one attached hydrogen (secondary N) is 1. The third kappa shape index (κ3) is 2.61. The van der Waals surface area contributed by atoms with E-state index in [2.05, 4.69) is 5.32 Å². The predicted octanol–water partition coefficient (Wildman–Crippen LogP) is 0.765. The summed E-state index contributed by atoms with van der Waals surface area (Å²) in [5.41, 5.74) is 0. The molecule has 1 heterocycles. The van der Waals surface area contributed by atoms with Gasteiger partial charge in [0.1, 0.15) is 0 Å². The van der Waals surface area contributed by atoms with Crippen molar-refractivity contribution in [3.8, 4) is 0 Å². The topological polar surface area (TPSA) is 32.3 Å². The van der Waals surface area contributed by atoms with E-state index in [9.17, 15) is 4.79 Å². The van der Waals surface area contributed by atoms with Crippen LogP contribution in [0.4, 0.5) is 4.79 Å². The third-order valence-corrected chi connectivity index (χ3v) is 2.57. The highest BCUT2D eigenvalue weighted by Gasteiger charge is 2.14. The zero-order valence-electron chi connectivity index (χ0n) is 6.80. The Balaban J connectivity index is 2.27. The van der Waals surface area contributed by atoms with E-state index >= 15 is 0 Å². The molecule has 1 fully saturated rings. The van der Waals surface area contributed by atoms with E-state index in [1.165, 1.54) is 0 Å². The maximum Gasteiger partial charge on any atom is 0.317 e. The quantitative estimate of drug-likeness (QED) is 0.636. The Morgan fingerprint density at radius 3 is 2.73 bits per heavy atom. The summed E-state index contributed by atoms with van der Waals surface area (Å²) >= 11 is 1.91. The maximum atomic E-state index is 11.2. The lowest BCUT2D eigenvalue weighted by molar-refractivity contribution is 0.203. The molecule has 2 amide bonds. The van der Waals surface area contributed by atoms with Crippen molar-refractivity contribution in [1.82, 2.24) is 10.2 Å². The lowest BCUT2D eigenvalue weighted by Crippen LogP contribution is -2.44. The first-order chi connectivity index (χ1) is 5.34. The van der Waals surface area contributed by atoms with Crippen LogP contribution in [0.15, 0.2) is 0 Å². The smallest absolute Gasteiger partial charge is 0.317 e. The van der Waals surface area contributed by atoms with Crippen LogP contribution in [0.5, 0.6) is 0 Å². The molecule has 0 aromatic rings. The molecule has 0 aromatic carbocycles. The summed E-state index contributed by atoms with van der Waals surface area (Å²) in [4.78, 5) is 13.1. The van der Waals surface area contributed by atoms with E-state index in [0.717, 1.165) is 31.1 Å². The van der Waals surface area contributed by atoms with E-state index < -0.39 is 0 Å². The number of amides is 2. The van der Waals surface area contributed by atoms with Crippen molar-refractivity contribution in [2.45, 2.75) is 6.92 Å². The van der Waals surface area contributed by atoms with Gasteiger partial charge in [-0.3, -0.25) is 0 Å². The van der Waals surface area contributed by atoms with Crippen LogP contribution in [0.3, 0.4) is 0 Å². The second kappa shape index (κ2) is 4.49. The van der Waals surface area contributed by atoms with Gasteiger partial charge in [0.05, 0.1) is 0 Å². The summed E-state index contributed by atoms with van der Waals surface area (Å²) in [6.07, 6.45) is 0. The van der Waals surface area contributed by atoms with E-state index in [1.54, 1.807) is 0 Å². The average molecular weight is 174 g/mol. The molecule has 1 rings (SSSR count). The van der Waals surface area contributed by atoms with E-state index in [-0.39, 0.29) is 6.03 Å². The second-order valence-electron chi connectivity index (χ2n) is 2.43. The highest BCUT2D eigenvalue weighted by Crippen LogP contribution is 2.08. The molecule has 64 valence electrons. The van der Waals surface area contributed by atoms with Gasteiger partial charge in [-0.15, -0.1) is 0 Å². The minimum Gasteiger partial charge on any atom is -0.338 e. The molecule has 0 radical (unpaired) electrons. The number of carbonyl (C=O) groups is 1. The van der Waals surface area contributed by atoms with Crippen molar-refractivity contribution in [3.63, 3.8) is 0 Å². The molecule has 1 aliphatic heterocycles. The fourth-order valence-electron chi connectivity index (χ4n) is 1.03. The van der Waals surface area contributed by atoms with Crippen LogP contribution in [-0.2, 0) is 0 Å². The largest absolute Gasteiger partial charge is 0.338 e. The highest BCUT2D eigenvalue weighted by molar-refractivity contribution is 7.99. The van der Waals surface area contributed by atoms with Crippen molar-refractivity contribution in [2.75, 3.05) is 31.1 Å². The number of hydrogen-bond acceptors (Lipinski definition) is 2. The summed E-state index contributed by atoms with van der Waals surface area (Å²) in [5, 5.41) is 2.79. The number of thioether (sulfide) groups is 1. The van der Waals surface area contributed by atoms with Gasteiger partial charge in [-0.2, -0.15) is 11.8 Å². The van der Waals surface area contributed by atoms with Crippen molar-refractivity contribution in [2.24, 2.45) is 0 Å². The first kappa shape index (κ1) is 8.71. The van der Waals surface area contributed by atoms with Gasteiger partial charge in [-0.25, -0.2) is 4.79 Å². The molecule has 1 aliphatic rings. The summed E-state index contributed by atoms with van der Waals surface area (Å²) in [5.74, 6) is 2.16. The van der Waals surface area contributed by atoms with Crippen LogP contribution in [0.1, 0.15) is 6.92 Å². The van der Waals surface area contributed by atoms with Crippen LogP contribution < -0.4 is 5.32 Å². The lowest BCUT2D eigenvalue weighted by Gasteiger charge is -2.26. The molecule has 0 aliphatic carbocycles. The molecule has 0 spiro atoms. The zero-order valence-corrected chi connectivity index (χ0v) is 7.62. The van der Waals surface area contributed by atoms with E-state index in [4.69, 9.17) is 0 Å². The van der Waals surface area contributed by atoms with Gasteiger partial charge in [-0.05, 0) is 6.92 Å². The monoisotopic (exact) mass is 174 g/mol. The summed E-state index contributed by atoms with van der Waals surface area (Å²) in [6, 6.07) is 0.0906. The van der Waals surface area contributed by atoms with Gasteiger partial charge in [0.25, 0.3) is 0 Å². The van der Waals surface area contributed by atoms with Gasteiger partial charge in [0, 0.05) is 31.1 Å². The van der Waals surface area contributed by atoms with Gasteiger partial charge in [0.2, 0.25) is 0 Å². The number of carbonyl (C=O) groups excluding carboxylic acids is 1. The Labute approximate surface area is 71.5 Å². The fraction of sp³-hybridized carbons (Fsp3) is 0.857. The molecule has 0 aromatic heterocycles. The van der Waals surface area contributed by atoms with E-state index in [0.29, 0.717) is 0 Å². The summed E-state index contributed by atoms with van der Waals surface area (Å²) < 4.78 is 0. The third-order valence-electron chi connectivity index (χ3n) is 1.63.